The van der Waals surface area contributed by atoms with Crippen molar-refractivity contribution in [2.75, 3.05) is 0 Å². The van der Waals surface area contributed by atoms with Crippen LogP contribution in [0.3, 0.4) is 0 Å². The van der Waals surface area contributed by atoms with Gasteiger partial charge in [-0.1, -0.05) is 27.2 Å². The van der Waals surface area contributed by atoms with E-state index in [0.717, 1.165) is 0 Å². The minimum absolute atomic E-state index is 0.227. The Labute approximate surface area is 102 Å². The molecule has 0 spiro atoms. The Bertz CT molecular complexity index is 420. The van der Waals surface area contributed by atoms with Gasteiger partial charge in [0.15, 0.2) is 0 Å². The van der Waals surface area contributed by atoms with Crippen molar-refractivity contribution in [1.82, 2.24) is 0 Å². The van der Waals surface area contributed by atoms with E-state index in [4.69, 9.17) is 0 Å². The average Bonchev–Trinajstić information content (AvgIpc) is 2.70. The van der Waals surface area contributed by atoms with Gasteiger partial charge in [0.1, 0.15) is 0 Å². The third kappa shape index (κ3) is 1.15. The monoisotopic (exact) mass is 236 g/mol. The van der Waals surface area contributed by atoms with E-state index in [1.165, 1.54) is 29.7 Å². The lowest BCUT2D eigenvalue weighted by Crippen LogP contribution is -2.43. The van der Waals surface area contributed by atoms with Crippen molar-refractivity contribution in [2.24, 2.45) is 11.3 Å². The molecule has 2 aliphatic rings. The maximum Gasteiger partial charge on any atom is 0.0842 e. The lowest BCUT2D eigenvalue weighted by Gasteiger charge is -2.48. The third-order valence-corrected chi connectivity index (χ3v) is 6.10. The van der Waals surface area contributed by atoms with Gasteiger partial charge in [-0.3, -0.25) is 0 Å². The molecule has 3 atom stereocenters. The molecule has 1 nitrogen and oxygen atoms in total. The van der Waals surface area contributed by atoms with Crippen LogP contribution in [0.2, 0.25) is 0 Å². The lowest BCUT2D eigenvalue weighted by molar-refractivity contribution is -0.0267. The number of fused-ring (bicyclic) bond motifs is 3. The molecule has 0 radical (unpaired) electrons. The second-order valence-corrected chi connectivity index (χ2v) is 7.30. The molecule has 0 bridgehead atoms. The van der Waals surface area contributed by atoms with Crippen molar-refractivity contribution < 1.29 is 5.11 Å². The van der Waals surface area contributed by atoms with E-state index in [2.05, 4.69) is 32.2 Å². The summed E-state index contributed by atoms with van der Waals surface area (Å²) in [6.07, 6.45) is 3.55. The summed E-state index contributed by atoms with van der Waals surface area (Å²) in [5.41, 5.74) is 1.71. The van der Waals surface area contributed by atoms with Crippen LogP contribution in [-0.2, 0) is 5.41 Å². The normalized spacial score (nSPS) is 40.5. The van der Waals surface area contributed by atoms with E-state index in [-0.39, 0.29) is 16.9 Å². The van der Waals surface area contributed by atoms with Crippen LogP contribution in [0.1, 0.15) is 56.6 Å². The van der Waals surface area contributed by atoms with Crippen LogP contribution in [0.4, 0.5) is 0 Å². The minimum atomic E-state index is -0.235. The maximum atomic E-state index is 10.6. The van der Waals surface area contributed by atoms with Crippen LogP contribution >= 0.6 is 11.3 Å². The maximum absolute atomic E-state index is 10.6. The van der Waals surface area contributed by atoms with Crippen molar-refractivity contribution in [3.63, 3.8) is 0 Å². The van der Waals surface area contributed by atoms with Crippen molar-refractivity contribution in [2.45, 2.75) is 51.6 Å². The molecular formula is C14H20OS. The van der Waals surface area contributed by atoms with Crippen LogP contribution in [0.25, 0.3) is 0 Å². The quantitative estimate of drug-likeness (QED) is 0.725. The second kappa shape index (κ2) is 3.11. The van der Waals surface area contributed by atoms with Crippen molar-refractivity contribution in [3.8, 4) is 0 Å². The first-order valence-corrected chi connectivity index (χ1v) is 7.11. The van der Waals surface area contributed by atoms with Crippen molar-refractivity contribution >= 4 is 11.3 Å². The number of aliphatic hydroxyl groups excluding tert-OH is 1. The van der Waals surface area contributed by atoms with Gasteiger partial charge in [0.05, 0.1) is 6.10 Å². The topological polar surface area (TPSA) is 20.2 Å². The van der Waals surface area contributed by atoms with E-state index >= 15 is 0 Å². The predicted molar refractivity (Wildman–Crippen MR) is 67.8 cm³/mol. The van der Waals surface area contributed by atoms with Gasteiger partial charge in [0.2, 0.25) is 0 Å². The van der Waals surface area contributed by atoms with E-state index in [1.54, 1.807) is 0 Å². The summed E-state index contributed by atoms with van der Waals surface area (Å²) in [6.45, 7) is 7.02. The summed E-state index contributed by atoms with van der Waals surface area (Å²) < 4.78 is 0. The predicted octanol–water partition coefficient (Wildman–Crippen LogP) is 3.88. The Morgan fingerprint density at radius 1 is 1.31 bits per heavy atom. The second-order valence-electron chi connectivity index (χ2n) is 6.39. The number of thiophene rings is 1. The molecular weight excluding hydrogens is 216 g/mol. The first-order valence-electron chi connectivity index (χ1n) is 6.23. The summed E-state index contributed by atoms with van der Waals surface area (Å²) in [4.78, 5) is 1.46. The smallest absolute Gasteiger partial charge is 0.0842 e. The molecule has 0 aliphatic heterocycles. The zero-order valence-corrected chi connectivity index (χ0v) is 11.1. The molecule has 2 heteroatoms. The minimum Gasteiger partial charge on any atom is -0.388 e. The molecule has 16 heavy (non-hydrogen) atoms. The Hall–Kier alpha value is -0.340. The highest BCUT2D eigenvalue weighted by molar-refractivity contribution is 7.10. The van der Waals surface area contributed by atoms with Gasteiger partial charge in [-0.25, -0.2) is 0 Å². The summed E-state index contributed by atoms with van der Waals surface area (Å²) in [5, 5.41) is 12.7. The molecule has 88 valence electrons. The first-order chi connectivity index (χ1) is 7.47. The largest absolute Gasteiger partial charge is 0.388 e. The van der Waals surface area contributed by atoms with E-state index in [9.17, 15) is 5.11 Å². The summed E-state index contributed by atoms with van der Waals surface area (Å²) >= 11 is 1.84. The summed E-state index contributed by atoms with van der Waals surface area (Å²) in [5.74, 6) is 0.413. The Balaban J connectivity index is 2.16. The van der Waals surface area contributed by atoms with Crippen LogP contribution in [-0.4, -0.2) is 5.11 Å². The van der Waals surface area contributed by atoms with Gasteiger partial charge in [-0.05, 0) is 35.3 Å². The SMILES string of the molecule is CC1(C)CCC[C@@]2(C)c3sccc3[C@H](O)[C@@H]12. The molecule has 1 saturated carbocycles. The van der Waals surface area contributed by atoms with Crippen molar-refractivity contribution in [1.29, 1.82) is 0 Å². The Kier molecular flexibility index (Phi) is 2.10. The fourth-order valence-electron chi connectivity index (χ4n) is 4.31. The Morgan fingerprint density at radius 3 is 2.81 bits per heavy atom. The van der Waals surface area contributed by atoms with Gasteiger partial charge >= 0.3 is 0 Å². The highest BCUT2D eigenvalue weighted by Crippen LogP contribution is 2.63. The molecule has 1 aromatic rings. The lowest BCUT2D eigenvalue weighted by atomic mass is 9.57. The molecule has 2 aliphatic carbocycles. The van der Waals surface area contributed by atoms with Crippen molar-refractivity contribution in [3.05, 3.63) is 21.9 Å². The average molecular weight is 236 g/mol. The number of hydrogen-bond donors (Lipinski definition) is 1. The Morgan fingerprint density at radius 2 is 2.06 bits per heavy atom. The fourth-order valence-corrected chi connectivity index (χ4v) is 5.48. The standard InChI is InChI=1S/C14H20OS/c1-13(2)6-4-7-14(3)11(13)10(15)9-5-8-16-12(9)14/h5,8,10-11,15H,4,6-7H2,1-3H3/t10-,11-,14+/m0/s1. The van der Waals surface area contributed by atoms with Gasteiger partial charge < -0.3 is 5.11 Å². The molecule has 1 heterocycles. The first kappa shape index (κ1) is 10.8. The third-order valence-electron chi connectivity index (χ3n) is 4.89. The molecule has 0 aromatic carbocycles. The van der Waals surface area contributed by atoms with Gasteiger partial charge in [-0.2, -0.15) is 0 Å². The molecule has 3 rings (SSSR count). The highest BCUT2D eigenvalue weighted by Gasteiger charge is 2.56. The van der Waals surface area contributed by atoms with Gasteiger partial charge in [-0.15, -0.1) is 11.3 Å². The van der Waals surface area contributed by atoms with E-state index in [1.807, 2.05) is 11.3 Å². The molecule has 1 N–H and O–H groups in total. The molecule has 0 saturated heterocycles. The number of rotatable bonds is 0. The van der Waals surface area contributed by atoms with E-state index in [0.29, 0.717) is 5.92 Å². The van der Waals surface area contributed by atoms with Crippen LogP contribution in [0.5, 0.6) is 0 Å². The number of aliphatic hydroxyl groups is 1. The van der Waals surface area contributed by atoms with Crippen LogP contribution < -0.4 is 0 Å². The van der Waals surface area contributed by atoms with E-state index < -0.39 is 0 Å². The summed E-state index contributed by atoms with van der Waals surface area (Å²) in [7, 11) is 0. The fraction of sp³-hybridized carbons (Fsp3) is 0.714. The van der Waals surface area contributed by atoms with Gasteiger partial charge in [0.25, 0.3) is 0 Å². The van der Waals surface area contributed by atoms with Gasteiger partial charge in [0, 0.05) is 16.2 Å². The zero-order valence-electron chi connectivity index (χ0n) is 10.3. The highest BCUT2D eigenvalue weighted by atomic mass is 32.1. The van der Waals surface area contributed by atoms with Crippen LogP contribution in [0, 0.1) is 11.3 Å². The molecule has 1 aromatic heterocycles. The zero-order chi connectivity index (χ0) is 11.6. The summed E-state index contributed by atoms with van der Waals surface area (Å²) in [6, 6.07) is 2.13. The molecule has 0 amide bonds. The van der Waals surface area contributed by atoms with Crippen LogP contribution in [0.15, 0.2) is 11.4 Å². The molecule has 1 fully saturated rings. The molecule has 0 unspecified atom stereocenters. The number of hydrogen-bond acceptors (Lipinski definition) is 2.